The van der Waals surface area contributed by atoms with Crippen LogP contribution in [0.4, 0.5) is 0 Å². The first-order valence-corrected chi connectivity index (χ1v) is 6.56. The Morgan fingerprint density at radius 2 is 2.24 bits per heavy atom. The van der Waals surface area contributed by atoms with Crippen molar-refractivity contribution in [3.8, 4) is 5.75 Å². The lowest BCUT2D eigenvalue weighted by molar-refractivity contribution is 0.156. The molecule has 3 rings (SSSR count). The highest BCUT2D eigenvalue weighted by atomic mass is 16.5. The van der Waals surface area contributed by atoms with Gasteiger partial charge in [0.25, 0.3) is 0 Å². The normalized spacial score (nSPS) is 35.2. The minimum absolute atomic E-state index is 0.318. The quantitative estimate of drug-likeness (QED) is 0.802. The number of benzene rings is 1. The fraction of sp³-hybridized carbons (Fsp3) is 0.600. The summed E-state index contributed by atoms with van der Waals surface area (Å²) in [6.45, 7) is 5.95. The predicted octanol–water partition coefficient (Wildman–Crippen LogP) is 2.51. The standard InChI is InChI=1S/C15H21NO/c1-10-13-9-11-12(5-4-6-14(11)17-3)15(10,2)7-8-16-13/h4-6,10,13,16H,7-9H2,1-3H3/t10?,13-,15+/m0/s1. The van der Waals surface area contributed by atoms with Crippen molar-refractivity contribution in [2.75, 3.05) is 13.7 Å². The van der Waals surface area contributed by atoms with Crippen LogP contribution >= 0.6 is 0 Å². The molecule has 92 valence electrons. The third kappa shape index (κ3) is 1.43. The number of fused-ring (bicyclic) bond motifs is 4. The van der Waals surface area contributed by atoms with Crippen molar-refractivity contribution in [1.29, 1.82) is 0 Å². The van der Waals surface area contributed by atoms with Gasteiger partial charge in [0.15, 0.2) is 0 Å². The minimum atomic E-state index is 0.318. The average molecular weight is 231 g/mol. The second kappa shape index (κ2) is 3.74. The van der Waals surface area contributed by atoms with Crippen LogP contribution in [-0.2, 0) is 11.8 Å². The van der Waals surface area contributed by atoms with Gasteiger partial charge in [-0.05, 0) is 47.9 Å². The molecule has 0 amide bonds. The molecule has 17 heavy (non-hydrogen) atoms. The molecule has 1 aromatic rings. The van der Waals surface area contributed by atoms with E-state index in [4.69, 9.17) is 4.74 Å². The van der Waals surface area contributed by atoms with Gasteiger partial charge in [-0.2, -0.15) is 0 Å². The third-order valence-corrected chi connectivity index (χ3v) is 5.05. The van der Waals surface area contributed by atoms with Gasteiger partial charge in [-0.15, -0.1) is 0 Å². The maximum absolute atomic E-state index is 5.53. The van der Waals surface area contributed by atoms with Crippen molar-refractivity contribution >= 4 is 0 Å². The fourth-order valence-electron chi connectivity index (χ4n) is 3.72. The number of hydrogen-bond donors (Lipinski definition) is 1. The SMILES string of the molecule is COc1cccc2c1C[C@@H]1NCC[C@]2(C)C1C. The molecular weight excluding hydrogens is 210 g/mol. The Morgan fingerprint density at radius 1 is 1.41 bits per heavy atom. The maximum atomic E-state index is 5.53. The first-order chi connectivity index (χ1) is 8.16. The van der Waals surface area contributed by atoms with Crippen molar-refractivity contribution in [3.05, 3.63) is 29.3 Å². The number of ether oxygens (including phenoxy) is 1. The molecule has 2 nitrogen and oxygen atoms in total. The van der Waals surface area contributed by atoms with E-state index in [-0.39, 0.29) is 0 Å². The van der Waals surface area contributed by atoms with E-state index in [1.807, 2.05) is 0 Å². The Hall–Kier alpha value is -1.02. The van der Waals surface area contributed by atoms with Gasteiger partial charge in [-0.1, -0.05) is 26.0 Å². The van der Waals surface area contributed by atoms with Gasteiger partial charge in [0.2, 0.25) is 0 Å². The summed E-state index contributed by atoms with van der Waals surface area (Å²) in [4.78, 5) is 0. The van der Waals surface area contributed by atoms with Crippen molar-refractivity contribution in [2.45, 2.75) is 38.1 Å². The number of hydrogen-bond acceptors (Lipinski definition) is 2. The van der Waals surface area contributed by atoms with Gasteiger partial charge in [0, 0.05) is 6.04 Å². The predicted molar refractivity (Wildman–Crippen MR) is 69.6 cm³/mol. The van der Waals surface area contributed by atoms with Crippen molar-refractivity contribution in [3.63, 3.8) is 0 Å². The van der Waals surface area contributed by atoms with E-state index < -0.39 is 0 Å². The molecule has 1 fully saturated rings. The Morgan fingerprint density at radius 3 is 3.00 bits per heavy atom. The summed E-state index contributed by atoms with van der Waals surface area (Å²) >= 11 is 0. The summed E-state index contributed by atoms with van der Waals surface area (Å²) in [5.74, 6) is 1.77. The molecule has 0 aromatic heterocycles. The smallest absolute Gasteiger partial charge is 0.122 e. The highest BCUT2D eigenvalue weighted by Crippen LogP contribution is 2.47. The van der Waals surface area contributed by atoms with Crippen LogP contribution in [-0.4, -0.2) is 19.7 Å². The van der Waals surface area contributed by atoms with Gasteiger partial charge in [-0.3, -0.25) is 0 Å². The second-order valence-corrected chi connectivity index (χ2v) is 5.71. The lowest BCUT2D eigenvalue weighted by Crippen LogP contribution is -2.56. The molecule has 1 N–H and O–H groups in total. The van der Waals surface area contributed by atoms with Crippen molar-refractivity contribution in [1.82, 2.24) is 5.32 Å². The van der Waals surface area contributed by atoms with Crippen LogP contribution in [0, 0.1) is 5.92 Å². The summed E-state index contributed by atoms with van der Waals surface area (Å²) in [7, 11) is 1.78. The molecule has 1 aromatic carbocycles. The Bertz CT molecular complexity index is 443. The minimum Gasteiger partial charge on any atom is -0.496 e. The van der Waals surface area contributed by atoms with Crippen LogP contribution in [0.1, 0.15) is 31.4 Å². The van der Waals surface area contributed by atoms with Gasteiger partial charge in [0.1, 0.15) is 5.75 Å². The van der Waals surface area contributed by atoms with E-state index in [2.05, 4.69) is 37.4 Å². The Kier molecular flexibility index (Phi) is 2.44. The van der Waals surface area contributed by atoms with Crippen LogP contribution in [0.15, 0.2) is 18.2 Å². The molecule has 2 aliphatic rings. The van der Waals surface area contributed by atoms with Gasteiger partial charge >= 0.3 is 0 Å². The van der Waals surface area contributed by atoms with E-state index >= 15 is 0 Å². The lowest BCUT2D eigenvalue weighted by Gasteiger charge is -2.50. The molecule has 2 heteroatoms. The first-order valence-electron chi connectivity index (χ1n) is 6.56. The van der Waals surface area contributed by atoms with Gasteiger partial charge < -0.3 is 10.1 Å². The average Bonchev–Trinajstić information content (AvgIpc) is 2.33. The van der Waals surface area contributed by atoms with Gasteiger partial charge in [0.05, 0.1) is 7.11 Å². The van der Waals surface area contributed by atoms with Crippen LogP contribution in [0.25, 0.3) is 0 Å². The highest BCUT2D eigenvalue weighted by Gasteiger charge is 2.45. The summed E-state index contributed by atoms with van der Waals surface area (Å²) in [5.41, 5.74) is 3.26. The van der Waals surface area contributed by atoms with Crippen LogP contribution in [0.5, 0.6) is 5.75 Å². The number of nitrogens with one attached hydrogen (secondary N) is 1. The Balaban J connectivity index is 2.18. The summed E-state index contributed by atoms with van der Waals surface area (Å²) in [5, 5.41) is 3.66. The van der Waals surface area contributed by atoms with Crippen molar-refractivity contribution in [2.24, 2.45) is 5.92 Å². The number of piperidine rings is 1. The fourth-order valence-corrected chi connectivity index (χ4v) is 3.72. The molecule has 1 unspecified atom stereocenters. The van der Waals surface area contributed by atoms with E-state index in [0.717, 1.165) is 18.7 Å². The molecule has 1 saturated heterocycles. The van der Waals surface area contributed by atoms with Gasteiger partial charge in [-0.25, -0.2) is 0 Å². The largest absolute Gasteiger partial charge is 0.496 e. The molecule has 3 atom stereocenters. The third-order valence-electron chi connectivity index (χ3n) is 5.05. The van der Waals surface area contributed by atoms with Crippen LogP contribution < -0.4 is 10.1 Å². The monoisotopic (exact) mass is 231 g/mol. The second-order valence-electron chi connectivity index (χ2n) is 5.71. The highest BCUT2D eigenvalue weighted by molar-refractivity contribution is 5.48. The first kappa shape index (κ1) is 11.1. The van der Waals surface area contributed by atoms with Crippen LogP contribution in [0.2, 0.25) is 0 Å². The van der Waals surface area contributed by atoms with Crippen LogP contribution in [0.3, 0.4) is 0 Å². The van der Waals surface area contributed by atoms with E-state index in [1.54, 1.807) is 7.11 Å². The zero-order valence-corrected chi connectivity index (χ0v) is 10.9. The zero-order chi connectivity index (χ0) is 12.0. The molecule has 0 saturated carbocycles. The van der Waals surface area contributed by atoms with E-state index in [9.17, 15) is 0 Å². The molecule has 1 aliphatic heterocycles. The van der Waals surface area contributed by atoms with Crippen molar-refractivity contribution < 1.29 is 4.74 Å². The molecule has 2 bridgehead atoms. The molecule has 0 spiro atoms. The molecule has 0 radical (unpaired) electrons. The summed E-state index contributed by atoms with van der Waals surface area (Å²) in [6.07, 6.45) is 2.33. The maximum Gasteiger partial charge on any atom is 0.122 e. The van der Waals surface area contributed by atoms with E-state index in [1.165, 1.54) is 17.5 Å². The summed E-state index contributed by atoms with van der Waals surface area (Å²) < 4.78 is 5.53. The Labute approximate surface area is 103 Å². The summed E-state index contributed by atoms with van der Waals surface area (Å²) in [6, 6.07) is 7.14. The molecule has 1 aliphatic carbocycles. The number of methoxy groups -OCH3 is 1. The topological polar surface area (TPSA) is 21.3 Å². The zero-order valence-electron chi connectivity index (χ0n) is 10.9. The molecular formula is C15H21NO. The van der Waals surface area contributed by atoms with E-state index in [0.29, 0.717) is 17.4 Å². The number of rotatable bonds is 1. The lowest BCUT2D eigenvalue weighted by atomic mass is 9.59. The molecule has 1 heterocycles.